The van der Waals surface area contributed by atoms with Crippen molar-refractivity contribution in [3.05, 3.63) is 28.8 Å². The first kappa shape index (κ1) is 16.1. The molecule has 0 unspecified atom stereocenters. The summed E-state index contributed by atoms with van der Waals surface area (Å²) in [5.41, 5.74) is 0.464. The van der Waals surface area contributed by atoms with Gasteiger partial charge in [0.2, 0.25) is 0 Å². The van der Waals surface area contributed by atoms with E-state index in [1.807, 2.05) is 4.90 Å². The Balaban J connectivity index is 0.00000180. The van der Waals surface area contributed by atoms with Crippen LogP contribution in [0.3, 0.4) is 0 Å². The summed E-state index contributed by atoms with van der Waals surface area (Å²) >= 11 is 6.11. The third-order valence-corrected chi connectivity index (χ3v) is 3.51. The Kier molecular flexibility index (Phi) is 5.91. The number of carbonyl (C=O) groups excluding carboxylic acids is 1. The van der Waals surface area contributed by atoms with Crippen molar-refractivity contribution in [2.45, 2.75) is 0 Å². The molecule has 0 bridgehead atoms. The summed E-state index contributed by atoms with van der Waals surface area (Å²) < 4.78 is 5.22. The van der Waals surface area contributed by atoms with Gasteiger partial charge in [-0.15, -0.1) is 12.4 Å². The van der Waals surface area contributed by atoms with E-state index in [0.717, 1.165) is 26.2 Å². The third kappa shape index (κ3) is 3.53. The van der Waals surface area contributed by atoms with E-state index in [1.165, 1.54) is 0 Å². The molecule has 1 aromatic carbocycles. The highest BCUT2D eigenvalue weighted by atomic mass is 35.5. The molecule has 0 saturated carbocycles. The first-order valence-electron chi connectivity index (χ1n) is 5.94. The Morgan fingerprint density at radius 2 is 1.89 bits per heavy atom. The van der Waals surface area contributed by atoms with E-state index in [-0.39, 0.29) is 18.3 Å². The summed E-state index contributed by atoms with van der Waals surface area (Å²) in [5.74, 6) is 0.483. The molecule has 1 aliphatic heterocycles. The van der Waals surface area contributed by atoms with Gasteiger partial charge in [0.25, 0.3) is 5.91 Å². The van der Waals surface area contributed by atoms with E-state index in [2.05, 4.69) is 11.9 Å². The van der Waals surface area contributed by atoms with Crippen LogP contribution in [0.5, 0.6) is 5.75 Å². The van der Waals surface area contributed by atoms with Crippen LogP contribution >= 0.6 is 24.0 Å². The maximum atomic E-state index is 12.4. The van der Waals surface area contributed by atoms with Crippen molar-refractivity contribution in [1.29, 1.82) is 0 Å². The van der Waals surface area contributed by atoms with Gasteiger partial charge in [-0.2, -0.15) is 0 Å². The zero-order valence-corrected chi connectivity index (χ0v) is 12.6. The van der Waals surface area contributed by atoms with E-state index in [4.69, 9.17) is 16.3 Å². The summed E-state index contributed by atoms with van der Waals surface area (Å²) in [6.45, 7) is 3.23. The summed E-state index contributed by atoms with van der Waals surface area (Å²) in [6, 6.07) is 5.25. The fourth-order valence-corrected chi connectivity index (χ4v) is 2.30. The van der Waals surface area contributed by atoms with Gasteiger partial charge in [0, 0.05) is 26.2 Å². The van der Waals surface area contributed by atoms with Gasteiger partial charge in [-0.05, 0) is 19.2 Å². The summed E-state index contributed by atoms with van der Waals surface area (Å²) in [4.78, 5) is 16.5. The normalized spacial score (nSPS) is 15.8. The molecule has 19 heavy (non-hydrogen) atoms. The first-order chi connectivity index (χ1) is 8.63. The topological polar surface area (TPSA) is 32.8 Å². The zero-order valence-electron chi connectivity index (χ0n) is 11.1. The number of benzene rings is 1. The fourth-order valence-electron chi connectivity index (χ4n) is 2.05. The van der Waals surface area contributed by atoms with Crippen LogP contribution in [0, 0.1) is 0 Å². The molecule has 0 aromatic heterocycles. The zero-order chi connectivity index (χ0) is 13.1. The van der Waals surface area contributed by atoms with Crippen LogP contribution in [0.2, 0.25) is 5.02 Å². The molecule has 106 valence electrons. The number of halogens is 2. The number of ether oxygens (including phenoxy) is 1. The Hall–Kier alpha value is -0.970. The second-order valence-corrected chi connectivity index (χ2v) is 4.82. The highest BCUT2D eigenvalue weighted by Crippen LogP contribution is 2.27. The van der Waals surface area contributed by atoms with Gasteiger partial charge in [-0.25, -0.2) is 0 Å². The standard InChI is InChI=1S/C13H17ClN2O2.ClH/c1-15-6-8-16(9-7-15)13(17)12-10(14)4-3-5-11(12)18-2;/h3-5H,6-9H2,1-2H3;1H. The van der Waals surface area contributed by atoms with Crippen molar-refractivity contribution in [3.8, 4) is 5.75 Å². The maximum Gasteiger partial charge on any atom is 0.259 e. The number of amides is 1. The number of carbonyl (C=O) groups is 1. The molecule has 1 fully saturated rings. The molecule has 2 rings (SSSR count). The quantitative estimate of drug-likeness (QED) is 0.839. The molecule has 0 spiro atoms. The molecule has 1 saturated heterocycles. The molecule has 1 aromatic rings. The second kappa shape index (κ2) is 6.98. The Morgan fingerprint density at radius 1 is 1.26 bits per heavy atom. The minimum absolute atomic E-state index is 0. The molecule has 0 N–H and O–H groups in total. The molecule has 6 heteroatoms. The summed E-state index contributed by atoms with van der Waals surface area (Å²) in [7, 11) is 3.60. The van der Waals surface area contributed by atoms with Crippen molar-refractivity contribution < 1.29 is 9.53 Å². The smallest absolute Gasteiger partial charge is 0.259 e. The fraction of sp³-hybridized carbons (Fsp3) is 0.462. The van der Waals surface area contributed by atoms with Crippen molar-refractivity contribution in [2.75, 3.05) is 40.3 Å². The SMILES string of the molecule is COc1cccc(Cl)c1C(=O)N1CCN(C)CC1.Cl. The van der Waals surface area contributed by atoms with Gasteiger partial charge < -0.3 is 14.5 Å². The predicted molar refractivity (Wildman–Crippen MR) is 78.7 cm³/mol. The largest absolute Gasteiger partial charge is 0.496 e. The van der Waals surface area contributed by atoms with Crippen LogP contribution in [-0.2, 0) is 0 Å². The van der Waals surface area contributed by atoms with Crippen LogP contribution in [0.4, 0.5) is 0 Å². The minimum Gasteiger partial charge on any atom is -0.496 e. The number of methoxy groups -OCH3 is 1. The molecular formula is C13H18Cl2N2O2. The van der Waals surface area contributed by atoms with Crippen LogP contribution in [0.25, 0.3) is 0 Å². The van der Waals surface area contributed by atoms with E-state index < -0.39 is 0 Å². The van der Waals surface area contributed by atoms with Crippen molar-refractivity contribution in [2.24, 2.45) is 0 Å². The lowest BCUT2D eigenvalue weighted by Gasteiger charge is -2.32. The molecule has 0 aliphatic carbocycles. The molecule has 0 radical (unpaired) electrons. The third-order valence-electron chi connectivity index (χ3n) is 3.20. The number of hydrogen-bond donors (Lipinski definition) is 0. The minimum atomic E-state index is -0.0504. The number of rotatable bonds is 2. The Labute approximate surface area is 124 Å². The second-order valence-electron chi connectivity index (χ2n) is 4.41. The van der Waals surface area contributed by atoms with Gasteiger partial charge in [0.1, 0.15) is 11.3 Å². The predicted octanol–water partition coefficient (Wildman–Crippen LogP) is 2.16. The van der Waals surface area contributed by atoms with Gasteiger partial charge in [0.15, 0.2) is 0 Å². The summed E-state index contributed by atoms with van der Waals surface area (Å²) in [6.07, 6.45) is 0. The number of likely N-dealkylation sites (N-methyl/N-ethyl adjacent to an activating group) is 1. The first-order valence-corrected chi connectivity index (χ1v) is 6.31. The van der Waals surface area contributed by atoms with Gasteiger partial charge in [0.05, 0.1) is 12.1 Å². The Bertz CT molecular complexity index is 446. The average molecular weight is 305 g/mol. The van der Waals surface area contributed by atoms with E-state index in [1.54, 1.807) is 25.3 Å². The molecule has 4 nitrogen and oxygen atoms in total. The molecular weight excluding hydrogens is 287 g/mol. The Morgan fingerprint density at radius 3 is 2.47 bits per heavy atom. The average Bonchev–Trinajstić information content (AvgIpc) is 2.38. The van der Waals surface area contributed by atoms with Crippen LogP contribution < -0.4 is 4.74 Å². The maximum absolute atomic E-state index is 12.4. The van der Waals surface area contributed by atoms with E-state index >= 15 is 0 Å². The van der Waals surface area contributed by atoms with Crippen molar-refractivity contribution in [1.82, 2.24) is 9.80 Å². The van der Waals surface area contributed by atoms with Crippen LogP contribution in [0.1, 0.15) is 10.4 Å². The highest BCUT2D eigenvalue weighted by molar-refractivity contribution is 6.34. The highest BCUT2D eigenvalue weighted by Gasteiger charge is 2.24. The van der Waals surface area contributed by atoms with E-state index in [9.17, 15) is 4.79 Å². The van der Waals surface area contributed by atoms with Crippen LogP contribution in [-0.4, -0.2) is 56.0 Å². The molecule has 1 amide bonds. The molecule has 1 heterocycles. The van der Waals surface area contributed by atoms with Gasteiger partial charge in [-0.3, -0.25) is 4.79 Å². The summed E-state index contributed by atoms with van der Waals surface area (Å²) in [5, 5.41) is 0.443. The lowest BCUT2D eigenvalue weighted by atomic mass is 10.1. The van der Waals surface area contributed by atoms with Gasteiger partial charge in [-0.1, -0.05) is 17.7 Å². The van der Waals surface area contributed by atoms with Crippen LogP contribution in [0.15, 0.2) is 18.2 Å². The van der Waals surface area contributed by atoms with Gasteiger partial charge >= 0.3 is 0 Å². The number of hydrogen-bond acceptors (Lipinski definition) is 3. The lowest BCUT2D eigenvalue weighted by molar-refractivity contribution is 0.0661. The molecule has 0 atom stereocenters. The number of piperazine rings is 1. The molecule has 1 aliphatic rings. The lowest BCUT2D eigenvalue weighted by Crippen LogP contribution is -2.47. The van der Waals surface area contributed by atoms with Crippen molar-refractivity contribution >= 4 is 29.9 Å². The van der Waals surface area contributed by atoms with E-state index in [0.29, 0.717) is 16.3 Å². The van der Waals surface area contributed by atoms with Crippen molar-refractivity contribution in [3.63, 3.8) is 0 Å². The number of nitrogens with zero attached hydrogens (tertiary/aromatic N) is 2. The monoisotopic (exact) mass is 304 g/mol.